The van der Waals surface area contributed by atoms with E-state index in [0.29, 0.717) is 5.56 Å². The van der Waals surface area contributed by atoms with Crippen LogP contribution < -0.4 is 15.8 Å². The third-order valence-corrected chi connectivity index (χ3v) is 6.23. The normalized spacial score (nSPS) is 11.6. The largest absolute Gasteiger partial charge is 0.454 e. The van der Waals surface area contributed by atoms with Crippen LogP contribution in [0.25, 0.3) is 0 Å². The topological polar surface area (TPSA) is 190 Å². The maximum absolute atomic E-state index is 12.5. The Morgan fingerprint density at radius 3 is 1.97 bits per heavy atom. The maximum Gasteiger partial charge on any atom is 0.298 e. The molecule has 0 radical (unpaired) electrons. The van der Waals surface area contributed by atoms with E-state index in [-0.39, 0.29) is 22.7 Å². The van der Waals surface area contributed by atoms with Crippen LogP contribution in [-0.4, -0.2) is 37.6 Å². The zero-order chi connectivity index (χ0) is 25.3. The van der Waals surface area contributed by atoms with Crippen molar-refractivity contribution in [2.75, 3.05) is 11.1 Å². The van der Waals surface area contributed by atoms with Gasteiger partial charge in [-0.3, -0.25) is 18.7 Å². The molecular weight excluding hydrogens is 488 g/mol. The predicted molar refractivity (Wildman–Crippen MR) is 121 cm³/mol. The summed E-state index contributed by atoms with van der Waals surface area (Å²) in [4.78, 5) is 22.5. The van der Waals surface area contributed by atoms with E-state index in [4.69, 9.17) is 10.5 Å². The molecular formula is C21H18N2O9S2. The van der Waals surface area contributed by atoms with Gasteiger partial charge in [0, 0.05) is 22.5 Å². The number of nitrogens with two attached hydrogens (primary N) is 1. The fourth-order valence-corrected chi connectivity index (χ4v) is 4.17. The molecule has 0 spiro atoms. The summed E-state index contributed by atoms with van der Waals surface area (Å²) in [6.45, 7) is 1.34. The van der Waals surface area contributed by atoms with Gasteiger partial charge < -0.3 is 15.8 Å². The lowest BCUT2D eigenvalue weighted by Crippen LogP contribution is -2.13. The van der Waals surface area contributed by atoms with Crippen LogP contribution >= 0.6 is 0 Å². The highest BCUT2D eigenvalue weighted by Crippen LogP contribution is 2.35. The van der Waals surface area contributed by atoms with Crippen molar-refractivity contribution < 1.29 is 40.3 Å². The molecule has 13 heteroatoms. The minimum Gasteiger partial charge on any atom is -0.454 e. The minimum absolute atomic E-state index is 0.0121. The third kappa shape index (κ3) is 5.77. The van der Waals surface area contributed by atoms with Gasteiger partial charge in [0.1, 0.15) is 21.3 Å². The molecule has 3 aromatic rings. The Kier molecular flexibility index (Phi) is 6.74. The monoisotopic (exact) mass is 506 g/mol. The summed E-state index contributed by atoms with van der Waals surface area (Å²) in [5.41, 5.74) is 5.89. The second-order valence-corrected chi connectivity index (χ2v) is 9.79. The number of ketones is 1. The summed E-state index contributed by atoms with van der Waals surface area (Å²) in [6, 6.07) is 12.3. The second kappa shape index (κ2) is 9.23. The van der Waals surface area contributed by atoms with Crippen molar-refractivity contribution in [2.45, 2.75) is 16.7 Å². The number of rotatable bonds is 7. The molecule has 3 aromatic carbocycles. The van der Waals surface area contributed by atoms with E-state index in [1.807, 2.05) is 0 Å². The number of anilines is 2. The van der Waals surface area contributed by atoms with Crippen molar-refractivity contribution in [3.8, 4) is 11.5 Å². The number of carbonyl (C=O) groups is 2. The lowest BCUT2D eigenvalue weighted by atomic mass is 10.1. The van der Waals surface area contributed by atoms with Gasteiger partial charge in [-0.05, 0) is 55.5 Å². The SMILES string of the molecule is CC(=O)c1cccc(C(=O)Nc2ccc(Oc3ccc(N)cc3S(=O)(=O)O)c(S(=O)(=O)O)c2)c1. The Balaban J connectivity index is 1.99. The van der Waals surface area contributed by atoms with Gasteiger partial charge in [-0.2, -0.15) is 16.8 Å². The van der Waals surface area contributed by atoms with Gasteiger partial charge in [-0.15, -0.1) is 0 Å². The molecule has 11 nitrogen and oxygen atoms in total. The highest BCUT2D eigenvalue weighted by molar-refractivity contribution is 7.86. The number of ether oxygens (including phenoxy) is 1. The van der Waals surface area contributed by atoms with Crippen LogP contribution in [0.1, 0.15) is 27.6 Å². The first kappa shape index (κ1) is 24.9. The minimum atomic E-state index is -4.91. The van der Waals surface area contributed by atoms with Crippen molar-refractivity contribution >= 4 is 43.3 Å². The number of amides is 1. The van der Waals surface area contributed by atoms with Crippen LogP contribution in [0.5, 0.6) is 11.5 Å². The Hall–Kier alpha value is -3.78. The van der Waals surface area contributed by atoms with Crippen LogP contribution in [0.3, 0.4) is 0 Å². The molecule has 0 heterocycles. The van der Waals surface area contributed by atoms with Crippen molar-refractivity contribution in [1.82, 2.24) is 0 Å². The molecule has 0 fully saturated rings. The first-order valence-electron chi connectivity index (χ1n) is 9.34. The summed E-state index contributed by atoms with van der Waals surface area (Å²) in [5.74, 6) is -1.87. The maximum atomic E-state index is 12.5. The van der Waals surface area contributed by atoms with E-state index >= 15 is 0 Å². The first-order valence-corrected chi connectivity index (χ1v) is 12.2. The van der Waals surface area contributed by atoms with E-state index in [1.54, 1.807) is 0 Å². The molecule has 3 rings (SSSR count). The first-order chi connectivity index (χ1) is 15.8. The lowest BCUT2D eigenvalue weighted by molar-refractivity contribution is 0.101. The van der Waals surface area contributed by atoms with Crippen LogP contribution in [0, 0.1) is 0 Å². The van der Waals surface area contributed by atoms with Crippen LogP contribution in [0.15, 0.2) is 70.5 Å². The summed E-state index contributed by atoms with van der Waals surface area (Å²) >= 11 is 0. The standard InChI is InChI=1S/C21H18N2O9S2/c1-12(24)13-3-2-4-14(9-13)21(25)23-16-6-8-18(20(11-16)34(29,30)31)32-17-7-5-15(22)10-19(17)33(26,27)28/h2-11H,22H2,1H3,(H,23,25)(H,26,27,28)(H,29,30,31). The number of benzene rings is 3. The van der Waals surface area contributed by atoms with E-state index < -0.39 is 47.4 Å². The van der Waals surface area contributed by atoms with Gasteiger partial charge in [0.15, 0.2) is 5.78 Å². The van der Waals surface area contributed by atoms with E-state index in [2.05, 4.69) is 5.32 Å². The molecule has 0 aliphatic carbocycles. The fraction of sp³-hybridized carbons (Fsp3) is 0.0476. The highest BCUT2D eigenvalue weighted by atomic mass is 32.2. The lowest BCUT2D eigenvalue weighted by Gasteiger charge is -2.14. The second-order valence-electron chi connectivity index (χ2n) is 7.01. The number of hydrogen-bond acceptors (Lipinski definition) is 8. The molecule has 0 saturated heterocycles. The Morgan fingerprint density at radius 2 is 1.38 bits per heavy atom. The molecule has 5 N–H and O–H groups in total. The van der Waals surface area contributed by atoms with Crippen molar-refractivity contribution in [2.24, 2.45) is 0 Å². The van der Waals surface area contributed by atoms with Crippen LogP contribution in [0.2, 0.25) is 0 Å². The Bertz CT molecular complexity index is 1510. The fourth-order valence-electron chi connectivity index (χ4n) is 2.88. The average molecular weight is 507 g/mol. The number of nitrogen functional groups attached to an aromatic ring is 1. The average Bonchev–Trinajstić information content (AvgIpc) is 2.74. The molecule has 0 saturated carbocycles. The van der Waals surface area contributed by atoms with Gasteiger partial charge in [0.2, 0.25) is 0 Å². The molecule has 0 bridgehead atoms. The number of carbonyl (C=O) groups excluding carboxylic acids is 2. The Labute approximate surface area is 194 Å². The smallest absolute Gasteiger partial charge is 0.298 e. The van der Waals surface area contributed by atoms with Gasteiger partial charge >= 0.3 is 0 Å². The van der Waals surface area contributed by atoms with Gasteiger partial charge in [-0.25, -0.2) is 0 Å². The van der Waals surface area contributed by atoms with E-state index in [1.165, 1.54) is 43.3 Å². The zero-order valence-corrected chi connectivity index (χ0v) is 19.1. The quantitative estimate of drug-likeness (QED) is 0.210. The van der Waals surface area contributed by atoms with Crippen LogP contribution in [0.4, 0.5) is 11.4 Å². The summed E-state index contributed by atoms with van der Waals surface area (Å²) in [6.07, 6.45) is 0. The van der Waals surface area contributed by atoms with Gasteiger partial charge in [0.25, 0.3) is 26.1 Å². The van der Waals surface area contributed by atoms with Crippen LogP contribution in [-0.2, 0) is 20.2 Å². The molecule has 0 aliphatic heterocycles. The molecule has 0 atom stereocenters. The number of nitrogens with one attached hydrogen (secondary N) is 1. The molecule has 178 valence electrons. The van der Waals surface area contributed by atoms with Crippen molar-refractivity contribution in [3.05, 3.63) is 71.8 Å². The molecule has 0 unspecified atom stereocenters. The van der Waals surface area contributed by atoms with Gasteiger partial charge in [0.05, 0.1) is 0 Å². The van der Waals surface area contributed by atoms with Crippen molar-refractivity contribution in [3.63, 3.8) is 0 Å². The number of hydrogen-bond donors (Lipinski definition) is 4. The summed E-state index contributed by atoms with van der Waals surface area (Å²) in [7, 11) is -9.70. The van der Waals surface area contributed by atoms with E-state index in [0.717, 1.165) is 24.3 Å². The highest BCUT2D eigenvalue weighted by Gasteiger charge is 2.23. The third-order valence-electron chi connectivity index (χ3n) is 4.48. The number of Topliss-reactive ketones (excluding diaryl/α,β-unsaturated/α-hetero) is 1. The van der Waals surface area contributed by atoms with Crippen molar-refractivity contribution in [1.29, 1.82) is 0 Å². The summed E-state index contributed by atoms with van der Waals surface area (Å²) in [5, 5.41) is 2.44. The Morgan fingerprint density at radius 1 is 0.824 bits per heavy atom. The molecule has 0 aromatic heterocycles. The zero-order valence-electron chi connectivity index (χ0n) is 17.4. The molecule has 1 amide bonds. The molecule has 34 heavy (non-hydrogen) atoms. The molecule has 0 aliphatic rings. The predicted octanol–water partition coefficient (Wildman–Crippen LogP) is 3.01. The summed E-state index contributed by atoms with van der Waals surface area (Å²) < 4.78 is 71.6. The van der Waals surface area contributed by atoms with E-state index in [9.17, 15) is 35.5 Å². The van der Waals surface area contributed by atoms with Gasteiger partial charge in [-0.1, -0.05) is 12.1 Å².